The third-order valence-electron chi connectivity index (χ3n) is 2.03. The molecular weight excluding hydrogens is 164 g/mol. The average Bonchev–Trinajstić information content (AvgIpc) is 2.49. The molecule has 2 aromatic rings. The minimum absolute atomic E-state index is 0.651. The first-order valence-corrected chi connectivity index (χ1v) is 3.94. The van der Waals surface area contributed by atoms with Gasteiger partial charge in [-0.15, -0.1) is 0 Å². The predicted octanol–water partition coefficient (Wildman–Crippen LogP) is 3.42. The molecular formula is C9H8N4. The molecule has 0 aliphatic carbocycles. The highest BCUT2D eigenvalue weighted by Crippen LogP contribution is 2.23. The molecule has 13 heavy (non-hydrogen) atoms. The molecule has 1 N–H and O–H groups in total. The summed E-state index contributed by atoms with van der Waals surface area (Å²) in [4.78, 5) is 5.86. The molecule has 1 aromatic carbocycles. The minimum Gasteiger partial charge on any atom is -0.361 e. The molecule has 1 heterocycles. The summed E-state index contributed by atoms with van der Waals surface area (Å²) in [5.41, 5.74) is 11.1. The van der Waals surface area contributed by atoms with E-state index in [0.29, 0.717) is 5.69 Å². The molecule has 1 aromatic heterocycles. The van der Waals surface area contributed by atoms with Crippen molar-refractivity contribution in [3.05, 3.63) is 40.4 Å². The van der Waals surface area contributed by atoms with Gasteiger partial charge in [-0.25, -0.2) is 0 Å². The Kier molecular flexibility index (Phi) is 1.69. The number of aryl methyl sites for hydroxylation is 1. The summed E-state index contributed by atoms with van der Waals surface area (Å²) in [6.45, 7) is 2.01. The van der Waals surface area contributed by atoms with Crippen molar-refractivity contribution in [3.8, 4) is 0 Å². The first kappa shape index (κ1) is 7.71. The quantitative estimate of drug-likeness (QED) is 0.389. The highest BCUT2D eigenvalue weighted by Gasteiger charge is 1.98. The lowest BCUT2D eigenvalue weighted by Crippen LogP contribution is -1.68. The van der Waals surface area contributed by atoms with E-state index in [0.717, 1.165) is 16.5 Å². The Morgan fingerprint density at radius 1 is 1.46 bits per heavy atom. The second-order valence-electron chi connectivity index (χ2n) is 2.89. The van der Waals surface area contributed by atoms with Crippen molar-refractivity contribution in [3.63, 3.8) is 0 Å². The molecule has 64 valence electrons. The number of benzene rings is 1. The zero-order chi connectivity index (χ0) is 9.26. The minimum atomic E-state index is 0.651. The molecule has 0 aliphatic heterocycles. The maximum atomic E-state index is 8.26. The normalized spacial score (nSPS) is 9.92. The van der Waals surface area contributed by atoms with Crippen LogP contribution < -0.4 is 0 Å². The number of aromatic amines is 1. The summed E-state index contributed by atoms with van der Waals surface area (Å²) in [5, 5.41) is 4.65. The zero-order valence-electron chi connectivity index (χ0n) is 7.15. The Morgan fingerprint density at radius 2 is 2.31 bits per heavy atom. The van der Waals surface area contributed by atoms with E-state index in [4.69, 9.17) is 5.53 Å². The summed E-state index contributed by atoms with van der Waals surface area (Å²) in [6, 6.07) is 5.57. The Morgan fingerprint density at radius 3 is 3.08 bits per heavy atom. The molecule has 0 unspecified atom stereocenters. The number of hydrogen-bond donors (Lipinski definition) is 1. The highest BCUT2D eigenvalue weighted by molar-refractivity contribution is 5.85. The number of hydrogen-bond acceptors (Lipinski definition) is 1. The molecule has 0 radical (unpaired) electrons. The molecule has 0 amide bonds. The molecule has 0 atom stereocenters. The molecule has 0 saturated heterocycles. The van der Waals surface area contributed by atoms with Gasteiger partial charge in [-0.2, -0.15) is 0 Å². The lowest BCUT2D eigenvalue weighted by Gasteiger charge is -1.93. The summed E-state index contributed by atoms with van der Waals surface area (Å²) >= 11 is 0. The van der Waals surface area contributed by atoms with E-state index in [1.165, 1.54) is 0 Å². The number of fused-ring (bicyclic) bond motifs is 1. The summed E-state index contributed by atoms with van der Waals surface area (Å²) in [6.07, 6.45) is 1.94. The van der Waals surface area contributed by atoms with Crippen molar-refractivity contribution in [1.29, 1.82) is 0 Å². The van der Waals surface area contributed by atoms with Crippen LogP contribution in [-0.2, 0) is 0 Å². The lowest BCUT2D eigenvalue weighted by molar-refractivity contribution is 1.43. The van der Waals surface area contributed by atoms with Gasteiger partial charge >= 0.3 is 0 Å². The van der Waals surface area contributed by atoms with Crippen LogP contribution in [0, 0.1) is 6.92 Å². The fourth-order valence-corrected chi connectivity index (χ4v) is 1.36. The van der Waals surface area contributed by atoms with Crippen LogP contribution in [-0.4, -0.2) is 4.98 Å². The number of azide groups is 1. The fraction of sp³-hybridized carbons (Fsp3) is 0.111. The van der Waals surface area contributed by atoms with E-state index in [9.17, 15) is 0 Å². The van der Waals surface area contributed by atoms with Crippen LogP contribution in [0.25, 0.3) is 21.3 Å². The van der Waals surface area contributed by atoms with Crippen LogP contribution in [0.3, 0.4) is 0 Å². The number of rotatable bonds is 1. The number of aromatic nitrogens is 1. The van der Waals surface area contributed by atoms with Crippen LogP contribution in [0.4, 0.5) is 5.69 Å². The van der Waals surface area contributed by atoms with Crippen molar-refractivity contribution in [2.24, 2.45) is 5.11 Å². The second kappa shape index (κ2) is 2.84. The van der Waals surface area contributed by atoms with E-state index < -0.39 is 0 Å². The topological polar surface area (TPSA) is 64.5 Å². The van der Waals surface area contributed by atoms with Crippen LogP contribution in [0.5, 0.6) is 0 Å². The van der Waals surface area contributed by atoms with Gasteiger partial charge in [0.05, 0.1) is 0 Å². The van der Waals surface area contributed by atoms with Crippen molar-refractivity contribution in [2.75, 3.05) is 0 Å². The second-order valence-corrected chi connectivity index (χ2v) is 2.89. The lowest BCUT2D eigenvalue weighted by atomic mass is 10.2. The maximum absolute atomic E-state index is 8.26. The van der Waals surface area contributed by atoms with Gasteiger partial charge in [0.25, 0.3) is 0 Å². The van der Waals surface area contributed by atoms with E-state index in [1.807, 2.05) is 25.3 Å². The zero-order valence-corrected chi connectivity index (χ0v) is 7.15. The van der Waals surface area contributed by atoms with Gasteiger partial charge in [-0.1, -0.05) is 11.2 Å². The standard InChI is InChI=1S/C9H8N4/c1-6-5-11-9-3-2-7(12-13-10)4-8(6)9/h2-5,11H,1H3. The van der Waals surface area contributed by atoms with Crippen LogP contribution >= 0.6 is 0 Å². The number of H-pyrrole nitrogens is 1. The Bertz CT molecular complexity index is 491. The monoisotopic (exact) mass is 172 g/mol. The van der Waals surface area contributed by atoms with Crippen molar-refractivity contribution < 1.29 is 0 Å². The fourth-order valence-electron chi connectivity index (χ4n) is 1.36. The molecule has 0 saturated carbocycles. The van der Waals surface area contributed by atoms with Gasteiger partial charge in [0.1, 0.15) is 0 Å². The van der Waals surface area contributed by atoms with Gasteiger partial charge in [0.15, 0.2) is 0 Å². The van der Waals surface area contributed by atoms with Gasteiger partial charge < -0.3 is 4.98 Å². The summed E-state index contributed by atoms with van der Waals surface area (Å²) in [5.74, 6) is 0. The van der Waals surface area contributed by atoms with Crippen molar-refractivity contribution in [2.45, 2.75) is 6.92 Å². The SMILES string of the molecule is Cc1c[nH]c2ccc(N=[N+]=[N-])cc12. The van der Waals surface area contributed by atoms with Gasteiger partial charge in [-0.3, -0.25) is 0 Å². The Balaban J connectivity index is 2.72. The number of nitrogens with one attached hydrogen (secondary N) is 1. The van der Waals surface area contributed by atoms with E-state index in [2.05, 4.69) is 15.0 Å². The smallest absolute Gasteiger partial charge is 0.0456 e. The van der Waals surface area contributed by atoms with Crippen molar-refractivity contribution >= 4 is 16.6 Å². The van der Waals surface area contributed by atoms with Crippen LogP contribution in [0.15, 0.2) is 29.5 Å². The van der Waals surface area contributed by atoms with Crippen LogP contribution in [0.1, 0.15) is 5.56 Å². The molecule has 0 aliphatic rings. The predicted molar refractivity (Wildman–Crippen MR) is 51.8 cm³/mol. The summed E-state index contributed by atoms with van der Waals surface area (Å²) < 4.78 is 0. The maximum Gasteiger partial charge on any atom is 0.0456 e. The Labute approximate surface area is 74.8 Å². The van der Waals surface area contributed by atoms with E-state index in [-0.39, 0.29) is 0 Å². The largest absolute Gasteiger partial charge is 0.361 e. The molecule has 2 rings (SSSR count). The molecule has 0 fully saturated rings. The summed E-state index contributed by atoms with van der Waals surface area (Å²) in [7, 11) is 0. The van der Waals surface area contributed by atoms with E-state index >= 15 is 0 Å². The molecule has 0 spiro atoms. The first-order valence-electron chi connectivity index (χ1n) is 3.94. The number of nitrogens with zero attached hydrogens (tertiary/aromatic N) is 3. The van der Waals surface area contributed by atoms with Gasteiger partial charge in [-0.05, 0) is 30.2 Å². The Hall–Kier alpha value is -1.93. The third kappa shape index (κ3) is 1.23. The first-order chi connectivity index (χ1) is 6.31. The average molecular weight is 172 g/mol. The van der Waals surface area contributed by atoms with E-state index in [1.54, 1.807) is 6.07 Å². The highest BCUT2D eigenvalue weighted by atomic mass is 15.1. The third-order valence-corrected chi connectivity index (χ3v) is 2.03. The van der Waals surface area contributed by atoms with Gasteiger partial charge in [0.2, 0.25) is 0 Å². The molecule has 0 bridgehead atoms. The molecule has 4 heteroatoms. The van der Waals surface area contributed by atoms with Crippen LogP contribution in [0.2, 0.25) is 0 Å². The molecule has 4 nitrogen and oxygen atoms in total. The van der Waals surface area contributed by atoms with Gasteiger partial charge in [0, 0.05) is 27.7 Å². The van der Waals surface area contributed by atoms with Crippen molar-refractivity contribution in [1.82, 2.24) is 4.98 Å².